The molecular weight excluding hydrogens is 270 g/mol. The largest absolute Gasteiger partial charge is 0.383 e. The summed E-state index contributed by atoms with van der Waals surface area (Å²) in [4.78, 5) is 1.14. The molecule has 0 bridgehead atoms. The van der Waals surface area contributed by atoms with Gasteiger partial charge >= 0.3 is 0 Å². The minimum atomic E-state index is 0.563. The SMILES string of the molecule is COCCNCc1ccc(SC2COC2)c(Cl)c1. The van der Waals surface area contributed by atoms with Crippen LogP contribution in [0.15, 0.2) is 23.1 Å². The maximum atomic E-state index is 6.28. The Balaban J connectivity index is 1.83. The molecule has 1 heterocycles. The second-order valence-corrected chi connectivity index (χ2v) is 5.96. The third kappa shape index (κ3) is 4.14. The number of rotatable bonds is 7. The molecule has 0 amide bonds. The molecule has 1 aliphatic heterocycles. The van der Waals surface area contributed by atoms with Gasteiger partial charge in [-0.15, -0.1) is 11.8 Å². The Morgan fingerprint density at radius 3 is 2.94 bits per heavy atom. The van der Waals surface area contributed by atoms with Crippen LogP contribution in [0.4, 0.5) is 0 Å². The van der Waals surface area contributed by atoms with Gasteiger partial charge in [-0.2, -0.15) is 0 Å². The number of nitrogens with one attached hydrogen (secondary N) is 1. The molecule has 0 spiro atoms. The normalized spacial score (nSPS) is 15.7. The van der Waals surface area contributed by atoms with Gasteiger partial charge in [0.15, 0.2) is 0 Å². The second kappa shape index (κ2) is 7.36. The van der Waals surface area contributed by atoms with Crippen LogP contribution in [0.5, 0.6) is 0 Å². The van der Waals surface area contributed by atoms with Gasteiger partial charge in [0, 0.05) is 25.1 Å². The average Bonchev–Trinajstić information content (AvgIpc) is 2.31. The number of methoxy groups -OCH3 is 1. The predicted molar refractivity (Wildman–Crippen MR) is 75.5 cm³/mol. The number of thioether (sulfide) groups is 1. The summed E-state index contributed by atoms with van der Waals surface area (Å²) in [6, 6.07) is 6.25. The molecule has 0 unspecified atom stereocenters. The van der Waals surface area contributed by atoms with Crippen LogP contribution in [-0.2, 0) is 16.0 Å². The Kier molecular flexibility index (Phi) is 5.79. The fraction of sp³-hybridized carbons (Fsp3) is 0.538. The smallest absolute Gasteiger partial charge is 0.0611 e. The number of benzene rings is 1. The van der Waals surface area contributed by atoms with Crippen LogP contribution in [0.3, 0.4) is 0 Å². The van der Waals surface area contributed by atoms with Crippen LogP contribution in [-0.4, -0.2) is 38.7 Å². The molecule has 1 aromatic carbocycles. The molecule has 18 heavy (non-hydrogen) atoms. The van der Waals surface area contributed by atoms with Gasteiger partial charge in [-0.1, -0.05) is 17.7 Å². The fourth-order valence-electron chi connectivity index (χ4n) is 1.62. The molecule has 0 atom stereocenters. The van der Waals surface area contributed by atoms with Crippen molar-refractivity contribution in [3.05, 3.63) is 28.8 Å². The van der Waals surface area contributed by atoms with Gasteiger partial charge in [0.05, 0.1) is 30.1 Å². The Morgan fingerprint density at radius 1 is 1.50 bits per heavy atom. The van der Waals surface area contributed by atoms with Gasteiger partial charge in [-0.25, -0.2) is 0 Å². The zero-order chi connectivity index (χ0) is 12.8. The molecule has 0 aromatic heterocycles. The molecule has 100 valence electrons. The second-order valence-electron chi connectivity index (χ2n) is 4.21. The van der Waals surface area contributed by atoms with E-state index in [0.29, 0.717) is 5.25 Å². The van der Waals surface area contributed by atoms with Gasteiger partial charge in [0.2, 0.25) is 0 Å². The first-order chi connectivity index (χ1) is 8.79. The van der Waals surface area contributed by atoms with E-state index in [1.54, 1.807) is 18.9 Å². The monoisotopic (exact) mass is 287 g/mol. The molecule has 5 heteroatoms. The van der Waals surface area contributed by atoms with E-state index in [2.05, 4.69) is 17.4 Å². The molecule has 2 rings (SSSR count). The molecule has 1 fully saturated rings. The summed E-state index contributed by atoms with van der Waals surface area (Å²) < 4.78 is 10.1. The van der Waals surface area contributed by atoms with E-state index < -0.39 is 0 Å². The minimum absolute atomic E-state index is 0.563. The summed E-state index contributed by atoms with van der Waals surface area (Å²) in [6.45, 7) is 4.07. The average molecular weight is 288 g/mol. The number of hydrogen-bond acceptors (Lipinski definition) is 4. The zero-order valence-electron chi connectivity index (χ0n) is 10.4. The Morgan fingerprint density at radius 2 is 2.33 bits per heavy atom. The molecule has 1 aliphatic rings. The van der Waals surface area contributed by atoms with Gasteiger partial charge in [0.25, 0.3) is 0 Å². The highest BCUT2D eigenvalue weighted by Crippen LogP contribution is 2.33. The lowest BCUT2D eigenvalue weighted by Crippen LogP contribution is -2.30. The molecule has 0 saturated carbocycles. The molecule has 1 aromatic rings. The van der Waals surface area contributed by atoms with Crippen molar-refractivity contribution in [1.82, 2.24) is 5.32 Å². The van der Waals surface area contributed by atoms with Crippen LogP contribution in [0, 0.1) is 0 Å². The fourth-order valence-corrected chi connectivity index (χ4v) is 2.96. The number of hydrogen-bond donors (Lipinski definition) is 1. The third-order valence-corrected chi connectivity index (χ3v) is 4.35. The first kappa shape index (κ1) is 14.2. The number of halogens is 1. The molecule has 1 N–H and O–H groups in total. The van der Waals surface area contributed by atoms with Crippen LogP contribution in [0.2, 0.25) is 5.02 Å². The van der Waals surface area contributed by atoms with Gasteiger partial charge in [-0.3, -0.25) is 0 Å². The Labute approximate surface area is 117 Å². The van der Waals surface area contributed by atoms with Crippen molar-refractivity contribution < 1.29 is 9.47 Å². The van der Waals surface area contributed by atoms with Crippen LogP contribution >= 0.6 is 23.4 Å². The van der Waals surface area contributed by atoms with Crippen LogP contribution in [0.25, 0.3) is 0 Å². The minimum Gasteiger partial charge on any atom is -0.383 e. The first-order valence-electron chi connectivity index (χ1n) is 6.02. The Hall–Kier alpha value is -0.260. The molecule has 0 aliphatic carbocycles. The van der Waals surface area contributed by atoms with Crippen molar-refractivity contribution >= 4 is 23.4 Å². The summed E-state index contributed by atoms with van der Waals surface area (Å²) >= 11 is 8.08. The first-order valence-corrected chi connectivity index (χ1v) is 7.28. The van der Waals surface area contributed by atoms with Gasteiger partial charge in [0.1, 0.15) is 0 Å². The molecule has 1 saturated heterocycles. The lowest BCUT2D eigenvalue weighted by molar-refractivity contribution is 0.0455. The topological polar surface area (TPSA) is 30.5 Å². The van der Waals surface area contributed by atoms with Crippen molar-refractivity contribution in [2.75, 3.05) is 33.5 Å². The van der Waals surface area contributed by atoms with Crippen molar-refractivity contribution in [1.29, 1.82) is 0 Å². The lowest BCUT2D eigenvalue weighted by Gasteiger charge is -2.25. The third-order valence-electron chi connectivity index (χ3n) is 2.71. The van der Waals surface area contributed by atoms with E-state index in [9.17, 15) is 0 Å². The van der Waals surface area contributed by atoms with Crippen LogP contribution in [0.1, 0.15) is 5.56 Å². The highest BCUT2D eigenvalue weighted by molar-refractivity contribution is 8.00. The zero-order valence-corrected chi connectivity index (χ0v) is 12.0. The highest BCUT2D eigenvalue weighted by Gasteiger charge is 2.20. The van der Waals surface area contributed by atoms with Gasteiger partial charge < -0.3 is 14.8 Å². The summed E-state index contributed by atoms with van der Waals surface area (Å²) in [5, 5.41) is 4.70. The Bertz CT molecular complexity index is 385. The summed E-state index contributed by atoms with van der Waals surface area (Å²) in [7, 11) is 1.70. The van der Waals surface area contributed by atoms with E-state index in [1.165, 1.54) is 5.56 Å². The van der Waals surface area contributed by atoms with Crippen LogP contribution < -0.4 is 5.32 Å². The van der Waals surface area contributed by atoms with E-state index >= 15 is 0 Å². The van der Waals surface area contributed by atoms with E-state index in [0.717, 1.165) is 42.8 Å². The maximum absolute atomic E-state index is 6.28. The van der Waals surface area contributed by atoms with E-state index in [-0.39, 0.29) is 0 Å². The maximum Gasteiger partial charge on any atom is 0.0611 e. The lowest BCUT2D eigenvalue weighted by atomic mass is 10.2. The highest BCUT2D eigenvalue weighted by atomic mass is 35.5. The quantitative estimate of drug-likeness (QED) is 0.781. The van der Waals surface area contributed by atoms with Crippen molar-refractivity contribution in [2.45, 2.75) is 16.7 Å². The summed E-state index contributed by atoms with van der Waals surface area (Å²) in [5.41, 5.74) is 1.20. The molecule has 0 radical (unpaired) electrons. The standard InChI is InChI=1S/C13H18ClNO2S/c1-16-5-4-15-7-10-2-3-13(12(14)6-10)18-11-8-17-9-11/h2-3,6,11,15H,4-5,7-9H2,1H3. The van der Waals surface area contributed by atoms with Gasteiger partial charge in [-0.05, 0) is 17.7 Å². The van der Waals surface area contributed by atoms with Crippen molar-refractivity contribution in [2.24, 2.45) is 0 Å². The van der Waals surface area contributed by atoms with Crippen molar-refractivity contribution in [3.8, 4) is 0 Å². The van der Waals surface area contributed by atoms with Crippen molar-refractivity contribution in [3.63, 3.8) is 0 Å². The summed E-state index contributed by atoms with van der Waals surface area (Å²) in [5.74, 6) is 0. The van der Waals surface area contributed by atoms with E-state index in [1.807, 2.05) is 6.07 Å². The predicted octanol–water partition coefficient (Wildman–Crippen LogP) is 2.57. The van der Waals surface area contributed by atoms with E-state index in [4.69, 9.17) is 21.1 Å². The molecular formula is C13H18ClNO2S. The summed E-state index contributed by atoms with van der Waals surface area (Å²) in [6.07, 6.45) is 0. The molecule has 3 nitrogen and oxygen atoms in total. The number of ether oxygens (including phenoxy) is 2.